The second-order valence-corrected chi connectivity index (χ2v) is 10.7. The van der Waals surface area contributed by atoms with Crippen LogP contribution in [0.2, 0.25) is 0 Å². The van der Waals surface area contributed by atoms with Crippen LogP contribution in [0, 0.1) is 0 Å². The van der Waals surface area contributed by atoms with Gasteiger partial charge in [0.2, 0.25) is 0 Å². The summed E-state index contributed by atoms with van der Waals surface area (Å²) in [5.74, 6) is -0.846. The van der Waals surface area contributed by atoms with Crippen molar-refractivity contribution in [3.63, 3.8) is 0 Å². The molecular weight excluding hydrogens is 466 g/mol. The molecule has 7 nitrogen and oxygen atoms in total. The van der Waals surface area contributed by atoms with Crippen LogP contribution >= 0.6 is 0 Å². The molecule has 3 aromatic rings. The standard InChI is InChI=1S/C30H33N3O4/c1-29(2,3)24-18-21(19-25(27(24)35)30(4,5)6)28(36)32-31-22-13-15-23(16-14-22)33-37-26(34)17-12-20-10-8-7-9-11-20/h7-19,33,35H,1-6H3. The van der Waals surface area contributed by atoms with Gasteiger partial charge in [-0.1, -0.05) is 71.9 Å². The molecule has 0 heterocycles. The van der Waals surface area contributed by atoms with Gasteiger partial charge in [0.1, 0.15) is 5.75 Å². The molecular formula is C30H33N3O4. The first-order chi connectivity index (χ1) is 17.3. The van der Waals surface area contributed by atoms with Gasteiger partial charge in [0, 0.05) is 22.8 Å². The molecule has 0 atom stereocenters. The maximum Gasteiger partial charge on any atom is 0.355 e. The van der Waals surface area contributed by atoms with Gasteiger partial charge in [-0.25, -0.2) is 10.3 Å². The Kier molecular flexibility index (Phi) is 8.28. The van der Waals surface area contributed by atoms with E-state index in [0.717, 1.165) is 5.56 Å². The summed E-state index contributed by atoms with van der Waals surface area (Å²) < 4.78 is 0. The van der Waals surface area contributed by atoms with E-state index in [4.69, 9.17) is 4.84 Å². The normalized spacial score (nSPS) is 12.2. The second kappa shape index (κ2) is 11.2. The summed E-state index contributed by atoms with van der Waals surface area (Å²) in [5.41, 5.74) is 5.48. The number of rotatable bonds is 6. The third-order valence-electron chi connectivity index (χ3n) is 5.58. The van der Waals surface area contributed by atoms with Gasteiger partial charge in [-0.3, -0.25) is 4.79 Å². The number of carbonyl (C=O) groups excluding carboxylic acids is 2. The highest BCUT2D eigenvalue weighted by molar-refractivity contribution is 5.95. The molecule has 0 aliphatic rings. The van der Waals surface area contributed by atoms with E-state index in [1.165, 1.54) is 6.08 Å². The Bertz CT molecular complexity index is 1280. The summed E-state index contributed by atoms with van der Waals surface area (Å²) in [7, 11) is 0. The number of aromatic hydroxyl groups is 1. The predicted octanol–water partition coefficient (Wildman–Crippen LogP) is 7.49. The van der Waals surface area contributed by atoms with Crippen LogP contribution in [0.3, 0.4) is 0 Å². The topological polar surface area (TPSA) is 100 Å². The zero-order valence-electron chi connectivity index (χ0n) is 22.1. The summed E-state index contributed by atoms with van der Waals surface area (Å²) in [4.78, 5) is 29.8. The SMILES string of the molecule is CC(C)(C)c1cc(C(=O)N=Nc2ccc(NOC(=O)C=Cc3ccccc3)cc2)cc(C(C)(C)C)c1O. The number of azo groups is 1. The van der Waals surface area contributed by atoms with Crippen LogP contribution in [0.15, 0.2) is 83.0 Å². The van der Waals surface area contributed by atoms with E-state index in [-0.39, 0.29) is 16.6 Å². The number of amides is 1. The van der Waals surface area contributed by atoms with E-state index < -0.39 is 11.9 Å². The molecule has 37 heavy (non-hydrogen) atoms. The summed E-state index contributed by atoms with van der Waals surface area (Å²) in [6.07, 6.45) is 2.99. The Morgan fingerprint density at radius 2 is 1.43 bits per heavy atom. The molecule has 3 rings (SSSR count). The Hall–Kier alpha value is -4.26. The van der Waals surface area contributed by atoms with Crippen molar-refractivity contribution < 1.29 is 19.5 Å². The van der Waals surface area contributed by atoms with E-state index >= 15 is 0 Å². The fraction of sp³-hybridized carbons (Fsp3) is 0.267. The number of hydrogen-bond donors (Lipinski definition) is 2. The first-order valence-electron chi connectivity index (χ1n) is 12.0. The van der Waals surface area contributed by atoms with Crippen molar-refractivity contribution in [2.45, 2.75) is 52.4 Å². The average molecular weight is 500 g/mol. The smallest absolute Gasteiger partial charge is 0.355 e. The lowest BCUT2D eigenvalue weighted by atomic mass is 9.78. The van der Waals surface area contributed by atoms with Crippen molar-refractivity contribution in [1.82, 2.24) is 0 Å². The zero-order valence-corrected chi connectivity index (χ0v) is 22.1. The maximum atomic E-state index is 12.9. The van der Waals surface area contributed by atoms with Crippen molar-refractivity contribution in [3.8, 4) is 5.75 Å². The summed E-state index contributed by atoms with van der Waals surface area (Å²) in [5, 5.41) is 18.8. The van der Waals surface area contributed by atoms with E-state index in [2.05, 4.69) is 15.7 Å². The molecule has 0 aliphatic carbocycles. The van der Waals surface area contributed by atoms with Gasteiger partial charge >= 0.3 is 5.97 Å². The highest BCUT2D eigenvalue weighted by Gasteiger charge is 2.27. The molecule has 0 spiro atoms. The number of phenols is 1. The Morgan fingerprint density at radius 3 is 1.97 bits per heavy atom. The zero-order chi connectivity index (χ0) is 27.2. The van der Waals surface area contributed by atoms with Crippen molar-refractivity contribution in [1.29, 1.82) is 0 Å². The third kappa shape index (κ3) is 7.61. The summed E-state index contributed by atoms with van der Waals surface area (Å²) >= 11 is 0. The van der Waals surface area contributed by atoms with Gasteiger partial charge in [-0.2, -0.15) is 0 Å². The second-order valence-electron chi connectivity index (χ2n) is 10.7. The van der Waals surface area contributed by atoms with Gasteiger partial charge in [0.15, 0.2) is 0 Å². The molecule has 1 amide bonds. The molecule has 2 N–H and O–H groups in total. The summed E-state index contributed by atoms with van der Waals surface area (Å²) in [6.45, 7) is 11.9. The molecule has 0 aliphatic heterocycles. The van der Waals surface area contributed by atoms with Crippen molar-refractivity contribution in [2.75, 3.05) is 5.48 Å². The molecule has 7 heteroatoms. The summed E-state index contributed by atoms with van der Waals surface area (Å²) in [6, 6.07) is 19.4. The molecule has 192 valence electrons. The molecule has 0 unspecified atom stereocenters. The lowest BCUT2D eigenvalue weighted by molar-refractivity contribution is -0.134. The average Bonchev–Trinajstić information content (AvgIpc) is 2.84. The molecule has 0 fully saturated rings. The minimum atomic E-state index is -0.545. The van der Waals surface area contributed by atoms with Crippen LogP contribution in [-0.2, 0) is 20.5 Å². The van der Waals surface area contributed by atoms with Crippen LogP contribution in [-0.4, -0.2) is 17.0 Å². The number of carbonyl (C=O) groups is 2. The number of anilines is 1. The Morgan fingerprint density at radius 1 is 0.865 bits per heavy atom. The lowest BCUT2D eigenvalue weighted by Crippen LogP contribution is -2.18. The van der Waals surface area contributed by atoms with Crippen molar-refractivity contribution >= 4 is 29.3 Å². The van der Waals surface area contributed by atoms with Crippen molar-refractivity contribution in [2.24, 2.45) is 10.2 Å². The fourth-order valence-electron chi connectivity index (χ4n) is 3.53. The largest absolute Gasteiger partial charge is 0.507 e. The van der Waals surface area contributed by atoms with Gasteiger partial charge in [0.25, 0.3) is 5.91 Å². The van der Waals surface area contributed by atoms with E-state index in [1.807, 2.05) is 71.9 Å². The number of benzene rings is 3. The number of hydrogen-bond acceptors (Lipinski definition) is 6. The monoisotopic (exact) mass is 499 g/mol. The van der Waals surface area contributed by atoms with E-state index in [0.29, 0.717) is 28.1 Å². The molecule has 0 saturated carbocycles. The molecule has 0 aromatic heterocycles. The van der Waals surface area contributed by atoms with Crippen LogP contribution in [0.5, 0.6) is 5.75 Å². The Labute approximate surface area is 217 Å². The van der Waals surface area contributed by atoms with E-state index in [1.54, 1.807) is 42.5 Å². The van der Waals surface area contributed by atoms with Crippen molar-refractivity contribution in [3.05, 3.63) is 95.1 Å². The lowest BCUT2D eigenvalue weighted by Gasteiger charge is -2.27. The first kappa shape index (κ1) is 27.3. The fourth-order valence-corrected chi connectivity index (χ4v) is 3.53. The van der Waals surface area contributed by atoms with Crippen LogP contribution in [0.25, 0.3) is 6.08 Å². The van der Waals surface area contributed by atoms with Gasteiger partial charge in [-0.05, 0) is 58.9 Å². The third-order valence-corrected chi connectivity index (χ3v) is 5.58. The molecule has 3 aromatic carbocycles. The van der Waals surface area contributed by atoms with Gasteiger partial charge in [-0.15, -0.1) is 10.2 Å². The number of phenolic OH excluding ortho intramolecular Hbond substituents is 1. The molecule has 0 bridgehead atoms. The highest BCUT2D eigenvalue weighted by atomic mass is 16.7. The van der Waals surface area contributed by atoms with E-state index in [9.17, 15) is 14.7 Å². The predicted molar refractivity (Wildman–Crippen MR) is 146 cm³/mol. The van der Waals surface area contributed by atoms with Crippen LogP contribution in [0.4, 0.5) is 11.4 Å². The quantitative estimate of drug-likeness (QED) is 0.208. The number of nitrogens with zero attached hydrogens (tertiary/aromatic N) is 2. The van der Waals surface area contributed by atoms with Gasteiger partial charge < -0.3 is 9.94 Å². The van der Waals surface area contributed by atoms with Crippen LogP contribution in [0.1, 0.15) is 68.6 Å². The number of nitrogens with one attached hydrogen (secondary N) is 1. The van der Waals surface area contributed by atoms with Crippen LogP contribution < -0.4 is 5.48 Å². The minimum Gasteiger partial charge on any atom is -0.507 e. The molecule has 0 saturated heterocycles. The Balaban J connectivity index is 1.67. The maximum absolute atomic E-state index is 12.9. The first-order valence-corrected chi connectivity index (χ1v) is 12.0. The van der Waals surface area contributed by atoms with Gasteiger partial charge in [0.05, 0.1) is 11.4 Å². The molecule has 0 radical (unpaired) electrons. The minimum absolute atomic E-state index is 0.202. The highest BCUT2D eigenvalue weighted by Crippen LogP contribution is 2.40.